The van der Waals surface area contributed by atoms with Crippen molar-refractivity contribution in [2.45, 2.75) is 6.42 Å². The Morgan fingerprint density at radius 1 is 1.44 bits per heavy atom. The van der Waals surface area contributed by atoms with Crippen molar-refractivity contribution in [1.29, 1.82) is 0 Å². The summed E-state index contributed by atoms with van der Waals surface area (Å²) in [6.07, 6.45) is 0.671. The highest BCUT2D eigenvalue weighted by Crippen LogP contribution is 2.29. The molecular formula is C12H13BrN2O3. The molecule has 3 N–H and O–H groups in total. The topological polar surface area (TPSA) is 83.6 Å². The molecule has 0 bridgehead atoms. The number of carbonyl (C=O) groups is 2. The van der Waals surface area contributed by atoms with E-state index in [-0.39, 0.29) is 17.4 Å². The van der Waals surface area contributed by atoms with E-state index >= 15 is 0 Å². The number of aromatic carboxylic acids is 1. The smallest absolute Gasteiger partial charge is 0.337 e. The van der Waals surface area contributed by atoms with Gasteiger partial charge in [-0.1, -0.05) is 15.9 Å². The zero-order valence-electron chi connectivity index (χ0n) is 9.60. The number of benzene rings is 1. The Bertz CT molecular complexity index is 504. The second-order valence-electron chi connectivity index (χ2n) is 4.30. The van der Waals surface area contributed by atoms with Crippen molar-refractivity contribution in [1.82, 2.24) is 0 Å². The molecule has 0 radical (unpaired) electrons. The second-order valence-corrected chi connectivity index (χ2v) is 5.22. The number of anilines is 1. The average Bonchev–Trinajstić information content (AvgIpc) is 2.78. The van der Waals surface area contributed by atoms with Crippen LogP contribution in [0.25, 0.3) is 0 Å². The quantitative estimate of drug-likeness (QED) is 0.885. The lowest BCUT2D eigenvalue weighted by Crippen LogP contribution is -2.28. The van der Waals surface area contributed by atoms with Gasteiger partial charge in [0, 0.05) is 17.6 Å². The summed E-state index contributed by atoms with van der Waals surface area (Å²) in [6, 6.07) is 5.10. The highest BCUT2D eigenvalue weighted by atomic mass is 79.9. The molecule has 1 heterocycles. The number of hydrogen-bond donors (Lipinski definition) is 2. The van der Waals surface area contributed by atoms with Crippen LogP contribution in [0, 0.1) is 5.92 Å². The summed E-state index contributed by atoms with van der Waals surface area (Å²) >= 11 is 3.25. The third-order valence-electron chi connectivity index (χ3n) is 3.12. The maximum absolute atomic E-state index is 11.2. The molecule has 1 aliphatic rings. The number of carboxylic acids is 1. The Morgan fingerprint density at radius 3 is 2.72 bits per heavy atom. The maximum atomic E-state index is 11.2. The first kappa shape index (κ1) is 12.9. The van der Waals surface area contributed by atoms with Gasteiger partial charge in [0.15, 0.2) is 0 Å². The molecule has 1 fully saturated rings. The molecule has 1 unspecified atom stereocenters. The third-order valence-corrected chi connectivity index (χ3v) is 3.61. The van der Waals surface area contributed by atoms with Crippen molar-refractivity contribution in [2.75, 3.05) is 18.0 Å². The van der Waals surface area contributed by atoms with Gasteiger partial charge in [-0.2, -0.15) is 0 Å². The van der Waals surface area contributed by atoms with Gasteiger partial charge >= 0.3 is 5.97 Å². The summed E-state index contributed by atoms with van der Waals surface area (Å²) in [5.41, 5.74) is 6.14. The summed E-state index contributed by atoms with van der Waals surface area (Å²) in [5.74, 6) is -1.50. The predicted molar refractivity (Wildman–Crippen MR) is 70.6 cm³/mol. The van der Waals surface area contributed by atoms with Gasteiger partial charge in [-0.25, -0.2) is 4.79 Å². The van der Waals surface area contributed by atoms with Crippen molar-refractivity contribution in [3.8, 4) is 0 Å². The fourth-order valence-electron chi connectivity index (χ4n) is 2.17. The van der Waals surface area contributed by atoms with Crippen LogP contribution in [0.5, 0.6) is 0 Å². The normalized spacial score (nSPS) is 18.9. The largest absolute Gasteiger partial charge is 0.478 e. The lowest BCUT2D eigenvalue weighted by molar-refractivity contribution is -0.121. The van der Waals surface area contributed by atoms with E-state index < -0.39 is 5.97 Å². The molecule has 1 atom stereocenters. The zero-order valence-corrected chi connectivity index (χ0v) is 11.2. The standard InChI is InChI=1S/C12H13BrN2O3/c13-8-1-2-10(9(5-8)12(17)18)15-4-3-7(6-15)11(14)16/h1-2,5,7H,3-4,6H2,(H2,14,16)(H,17,18). The average molecular weight is 313 g/mol. The first-order chi connectivity index (χ1) is 8.49. The number of nitrogens with two attached hydrogens (primary N) is 1. The van der Waals surface area contributed by atoms with E-state index in [0.717, 1.165) is 0 Å². The number of carbonyl (C=O) groups excluding carboxylic acids is 1. The minimum atomic E-state index is -0.978. The van der Waals surface area contributed by atoms with Gasteiger partial charge in [-0.3, -0.25) is 4.79 Å². The molecule has 1 amide bonds. The van der Waals surface area contributed by atoms with E-state index in [9.17, 15) is 14.7 Å². The number of hydrogen-bond acceptors (Lipinski definition) is 3. The van der Waals surface area contributed by atoms with E-state index in [1.165, 1.54) is 0 Å². The van der Waals surface area contributed by atoms with Crippen LogP contribution in [-0.2, 0) is 4.79 Å². The lowest BCUT2D eigenvalue weighted by Gasteiger charge is -2.20. The maximum Gasteiger partial charge on any atom is 0.337 e. The predicted octanol–water partition coefficient (Wildman–Crippen LogP) is 1.46. The minimum absolute atomic E-state index is 0.199. The van der Waals surface area contributed by atoms with E-state index in [2.05, 4.69) is 15.9 Å². The number of primary amides is 1. The van der Waals surface area contributed by atoms with E-state index in [1.54, 1.807) is 18.2 Å². The highest BCUT2D eigenvalue weighted by Gasteiger charge is 2.28. The van der Waals surface area contributed by atoms with Gasteiger partial charge in [0.05, 0.1) is 17.2 Å². The Hall–Kier alpha value is -1.56. The second kappa shape index (κ2) is 4.97. The van der Waals surface area contributed by atoms with Crippen LogP contribution in [0.4, 0.5) is 5.69 Å². The van der Waals surface area contributed by atoms with Gasteiger partial charge in [-0.15, -0.1) is 0 Å². The summed E-state index contributed by atoms with van der Waals surface area (Å²) in [5, 5.41) is 9.19. The summed E-state index contributed by atoms with van der Waals surface area (Å²) in [7, 11) is 0. The van der Waals surface area contributed by atoms with E-state index in [0.29, 0.717) is 29.7 Å². The SMILES string of the molecule is NC(=O)C1CCN(c2ccc(Br)cc2C(=O)O)C1. The third kappa shape index (κ3) is 2.48. The van der Waals surface area contributed by atoms with Crippen molar-refractivity contribution < 1.29 is 14.7 Å². The van der Waals surface area contributed by atoms with Crippen LogP contribution in [0.3, 0.4) is 0 Å². The first-order valence-corrected chi connectivity index (χ1v) is 6.35. The number of nitrogens with zero attached hydrogens (tertiary/aromatic N) is 1. The summed E-state index contributed by atoms with van der Waals surface area (Å²) in [6.45, 7) is 1.13. The Labute approximate surface area is 113 Å². The molecule has 0 aromatic heterocycles. The van der Waals surface area contributed by atoms with Crippen LogP contribution in [-0.4, -0.2) is 30.1 Å². The molecule has 96 valence electrons. The lowest BCUT2D eigenvalue weighted by atomic mass is 10.1. The van der Waals surface area contributed by atoms with Crippen LogP contribution in [0.1, 0.15) is 16.8 Å². The van der Waals surface area contributed by atoms with Crippen molar-refractivity contribution in [2.24, 2.45) is 11.7 Å². The molecule has 0 saturated carbocycles. The van der Waals surface area contributed by atoms with E-state index in [4.69, 9.17) is 5.73 Å². The van der Waals surface area contributed by atoms with Crippen molar-refractivity contribution in [3.05, 3.63) is 28.2 Å². The molecule has 18 heavy (non-hydrogen) atoms. The molecule has 1 aliphatic heterocycles. The Balaban J connectivity index is 2.29. The fraction of sp³-hybridized carbons (Fsp3) is 0.333. The van der Waals surface area contributed by atoms with Gasteiger partial charge < -0.3 is 15.7 Å². The van der Waals surface area contributed by atoms with Gasteiger partial charge in [0.1, 0.15) is 0 Å². The Morgan fingerprint density at radius 2 is 2.17 bits per heavy atom. The monoisotopic (exact) mass is 312 g/mol. The zero-order chi connectivity index (χ0) is 13.3. The van der Waals surface area contributed by atoms with Crippen LogP contribution >= 0.6 is 15.9 Å². The van der Waals surface area contributed by atoms with Crippen molar-refractivity contribution in [3.63, 3.8) is 0 Å². The number of rotatable bonds is 3. The first-order valence-electron chi connectivity index (χ1n) is 5.56. The van der Waals surface area contributed by atoms with Gasteiger partial charge in [0.25, 0.3) is 0 Å². The molecule has 5 nitrogen and oxygen atoms in total. The summed E-state index contributed by atoms with van der Waals surface area (Å²) in [4.78, 5) is 24.2. The molecule has 1 saturated heterocycles. The molecule has 0 aliphatic carbocycles. The van der Waals surface area contributed by atoms with Crippen LogP contribution < -0.4 is 10.6 Å². The van der Waals surface area contributed by atoms with Crippen molar-refractivity contribution >= 4 is 33.5 Å². The molecule has 2 rings (SSSR count). The molecule has 6 heteroatoms. The number of amides is 1. The van der Waals surface area contributed by atoms with Crippen LogP contribution in [0.2, 0.25) is 0 Å². The number of carboxylic acid groups (broad SMARTS) is 1. The molecular weight excluding hydrogens is 300 g/mol. The Kier molecular flexibility index (Phi) is 3.56. The molecule has 0 spiro atoms. The van der Waals surface area contributed by atoms with E-state index in [1.807, 2.05) is 4.90 Å². The highest BCUT2D eigenvalue weighted by molar-refractivity contribution is 9.10. The minimum Gasteiger partial charge on any atom is -0.478 e. The molecule has 1 aromatic carbocycles. The summed E-state index contributed by atoms with van der Waals surface area (Å²) < 4.78 is 0.717. The number of halogens is 1. The van der Waals surface area contributed by atoms with Gasteiger partial charge in [0.2, 0.25) is 5.91 Å². The fourth-order valence-corrected chi connectivity index (χ4v) is 2.53. The van der Waals surface area contributed by atoms with Gasteiger partial charge in [-0.05, 0) is 24.6 Å². The van der Waals surface area contributed by atoms with Crippen LogP contribution in [0.15, 0.2) is 22.7 Å². The molecule has 1 aromatic rings.